The molecule has 0 radical (unpaired) electrons. The second kappa shape index (κ2) is 10.2. The predicted octanol–water partition coefficient (Wildman–Crippen LogP) is 2.51. The van der Waals surface area contributed by atoms with Crippen LogP contribution in [0.1, 0.15) is 6.92 Å². The highest BCUT2D eigenvalue weighted by Crippen LogP contribution is 2.29. The number of nitrogens with zero attached hydrogens (tertiary/aromatic N) is 2. The number of likely N-dealkylation sites (N-methyl/N-ethyl adjacent to an activating group) is 1. The van der Waals surface area contributed by atoms with Crippen LogP contribution in [-0.2, 0) is 9.59 Å². The molecule has 0 spiro atoms. The van der Waals surface area contributed by atoms with Crippen molar-refractivity contribution in [2.45, 2.75) is 13.0 Å². The third-order valence-electron chi connectivity index (χ3n) is 4.44. The van der Waals surface area contributed by atoms with E-state index >= 15 is 0 Å². The van der Waals surface area contributed by atoms with Crippen LogP contribution in [0, 0.1) is 10.1 Å². The Bertz CT molecular complexity index is 933. The summed E-state index contributed by atoms with van der Waals surface area (Å²) in [6, 6.07) is 10.2. The Morgan fingerprint density at radius 3 is 2.50 bits per heavy atom. The molecule has 160 valence electrons. The average molecular weight is 416 g/mol. The van der Waals surface area contributed by atoms with Gasteiger partial charge in [-0.1, -0.05) is 6.07 Å². The Labute approximate surface area is 173 Å². The van der Waals surface area contributed by atoms with Crippen molar-refractivity contribution >= 4 is 28.9 Å². The van der Waals surface area contributed by atoms with Gasteiger partial charge in [-0.2, -0.15) is 0 Å². The third-order valence-corrected chi connectivity index (χ3v) is 4.44. The van der Waals surface area contributed by atoms with Crippen molar-refractivity contribution in [1.82, 2.24) is 4.90 Å². The lowest BCUT2D eigenvalue weighted by Crippen LogP contribution is -2.43. The number of hydrogen-bond donors (Lipinski definition) is 2. The van der Waals surface area contributed by atoms with Gasteiger partial charge in [0.15, 0.2) is 0 Å². The van der Waals surface area contributed by atoms with Crippen LogP contribution in [0.15, 0.2) is 42.5 Å². The molecular formula is C20H24N4O6. The minimum atomic E-state index is -0.652. The summed E-state index contributed by atoms with van der Waals surface area (Å²) in [5, 5.41) is 16.3. The van der Waals surface area contributed by atoms with Gasteiger partial charge in [0.25, 0.3) is 5.69 Å². The lowest BCUT2D eigenvalue weighted by atomic mass is 10.2. The van der Waals surface area contributed by atoms with Crippen LogP contribution in [0.25, 0.3) is 0 Å². The largest absolute Gasteiger partial charge is 0.497 e. The molecule has 2 aromatic carbocycles. The first-order valence-corrected chi connectivity index (χ1v) is 9.02. The van der Waals surface area contributed by atoms with Crippen molar-refractivity contribution in [3.63, 3.8) is 0 Å². The van der Waals surface area contributed by atoms with Gasteiger partial charge >= 0.3 is 0 Å². The van der Waals surface area contributed by atoms with E-state index in [9.17, 15) is 19.7 Å². The summed E-state index contributed by atoms with van der Waals surface area (Å²) < 4.78 is 10.2. The van der Waals surface area contributed by atoms with Crippen molar-refractivity contribution in [3.05, 3.63) is 52.6 Å². The van der Waals surface area contributed by atoms with Gasteiger partial charge in [0.05, 0.1) is 43.5 Å². The van der Waals surface area contributed by atoms with E-state index in [1.54, 1.807) is 43.1 Å². The number of carbonyl (C=O) groups is 2. The molecule has 0 aliphatic carbocycles. The topological polar surface area (TPSA) is 123 Å². The zero-order chi connectivity index (χ0) is 22.3. The van der Waals surface area contributed by atoms with Gasteiger partial charge in [0.1, 0.15) is 11.5 Å². The maximum absolute atomic E-state index is 12.6. The number of nitro benzene ring substituents is 1. The number of benzene rings is 2. The Kier molecular flexibility index (Phi) is 7.70. The van der Waals surface area contributed by atoms with Crippen LogP contribution in [-0.4, -0.2) is 55.5 Å². The molecule has 2 amide bonds. The van der Waals surface area contributed by atoms with E-state index in [4.69, 9.17) is 9.47 Å². The number of nitro groups is 1. The summed E-state index contributed by atoms with van der Waals surface area (Å²) in [5.41, 5.74) is 0.735. The molecule has 30 heavy (non-hydrogen) atoms. The molecule has 1 atom stereocenters. The third kappa shape index (κ3) is 5.92. The van der Waals surface area contributed by atoms with E-state index in [1.165, 1.54) is 32.4 Å². The summed E-state index contributed by atoms with van der Waals surface area (Å²) >= 11 is 0. The Balaban J connectivity index is 1.98. The van der Waals surface area contributed by atoms with Crippen molar-refractivity contribution in [2.24, 2.45) is 0 Å². The first-order valence-electron chi connectivity index (χ1n) is 9.02. The molecule has 0 aliphatic rings. The van der Waals surface area contributed by atoms with Crippen LogP contribution in [0.4, 0.5) is 17.1 Å². The minimum Gasteiger partial charge on any atom is -0.497 e. The van der Waals surface area contributed by atoms with Crippen molar-refractivity contribution in [3.8, 4) is 11.5 Å². The maximum atomic E-state index is 12.6. The smallest absolute Gasteiger partial charge is 0.273 e. The summed E-state index contributed by atoms with van der Waals surface area (Å²) in [5.74, 6) is 0.103. The first-order chi connectivity index (χ1) is 14.2. The van der Waals surface area contributed by atoms with Gasteiger partial charge in [-0.3, -0.25) is 24.6 Å². The van der Waals surface area contributed by atoms with Gasteiger partial charge in [-0.15, -0.1) is 0 Å². The van der Waals surface area contributed by atoms with E-state index in [-0.39, 0.29) is 29.8 Å². The van der Waals surface area contributed by atoms with Crippen LogP contribution in [0.3, 0.4) is 0 Å². The Morgan fingerprint density at radius 1 is 1.13 bits per heavy atom. The number of rotatable bonds is 9. The molecule has 0 heterocycles. The highest BCUT2D eigenvalue weighted by molar-refractivity contribution is 5.97. The van der Waals surface area contributed by atoms with Gasteiger partial charge in [-0.25, -0.2) is 0 Å². The fraction of sp³-hybridized carbons (Fsp3) is 0.300. The average Bonchev–Trinajstić information content (AvgIpc) is 2.73. The number of hydrogen-bond acceptors (Lipinski definition) is 7. The van der Waals surface area contributed by atoms with Crippen LogP contribution in [0.5, 0.6) is 11.5 Å². The number of carbonyl (C=O) groups excluding carboxylic acids is 2. The molecule has 2 aromatic rings. The molecule has 0 unspecified atom stereocenters. The molecular weight excluding hydrogens is 392 g/mol. The standard InChI is InChI=1S/C20H24N4O6/c1-13(20(26)22-17-9-8-15(24(27)28)11-18(17)30-4)23(2)12-19(25)21-14-6-5-7-16(10-14)29-3/h5-11,13H,12H2,1-4H3,(H,21,25)(H,22,26)/t13-/m1/s1. The molecule has 0 aromatic heterocycles. The zero-order valence-corrected chi connectivity index (χ0v) is 17.2. The van der Waals surface area contributed by atoms with Crippen LogP contribution in [0.2, 0.25) is 0 Å². The molecule has 0 saturated carbocycles. The number of anilines is 2. The quantitative estimate of drug-likeness (QED) is 0.475. The molecule has 2 N–H and O–H groups in total. The fourth-order valence-electron chi connectivity index (χ4n) is 2.60. The number of nitrogens with one attached hydrogen (secondary N) is 2. The second-order valence-corrected chi connectivity index (χ2v) is 6.50. The molecule has 0 bridgehead atoms. The summed E-state index contributed by atoms with van der Waals surface area (Å²) in [6.07, 6.45) is 0. The molecule has 10 nitrogen and oxygen atoms in total. The van der Waals surface area contributed by atoms with E-state index in [1.807, 2.05) is 0 Å². The lowest BCUT2D eigenvalue weighted by molar-refractivity contribution is -0.384. The molecule has 2 rings (SSSR count). The SMILES string of the molecule is COc1cccc(NC(=O)CN(C)[C@H](C)C(=O)Nc2ccc([N+](=O)[O-])cc2OC)c1. The number of amides is 2. The first kappa shape index (κ1) is 22.6. The Hall–Kier alpha value is -3.66. The number of methoxy groups -OCH3 is 2. The normalized spacial score (nSPS) is 11.5. The van der Waals surface area contributed by atoms with E-state index < -0.39 is 11.0 Å². The molecule has 10 heteroatoms. The summed E-state index contributed by atoms with van der Waals surface area (Å²) in [4.78, 5) is 36.8. The molecule has 0 aliphatic heterocycles. The van der Waals surface area contributed by atoms with Gasteiger partial charge in [0.2, 0.25) is 11.8 Å². The van der Waals surface area contributed by atoms with Crippen LogP contribution >= 0.6 is 0 Å². The monoisotopic (exact) mass is 416 g/mol. The highest BCUT2D eigenvalue weighted by atomic mass is 16.6. The fourth-order valence-corrected chi connectivity index (χ4v) is 2.60. The predicted molar refractivity (Wildman–Crippen MR) is 112 cm³/mol. The van der Waals surface area contributed by atoms with E-state index in [2.05, 4.69) is 10.6 Å². The Morgan fingerprint density at radius 2 is 1.87 bits per heavy atom. The lowest BCUT2D eigenvalue weighted by Gasteiger charge is -2.23. The summed E-state index contributed by atoms with van der Waals surface area (Å²) in [7, 11) is 4.53. The molecule has 0 fully saturated rings. The van der Waals surface area contributed by atoms with Crippen LogP contribution < -0.4 is 20.1 Å². The van der Waals surface area contributed by atoms with Crippen molar-refractivity contribution in [1.29, 1.82) is 0 Å². The van der Waals surface area contributed by atoms with E-state index in [0.29, 0.717) is 17.1 Å². The minimum absolute atomic E-state index is 0.0246. The number of non-ortho nitro benzene ring substituents is 1. The van der Waals surface area contributed by atoms with Crippen molar-refractivity contribution < 1.29 is 24.0 Å². The van der Waals surface area contributed by atoms with Crippen molar-refractivity contribution in [2.75, 3.05) is 38.4 Å². The van der Waals surface area contributed by atoms with Gasteiger partial charge in [0, 0.05) is 17.8 Å². The van der Waals surface area contributed by atoms with E-state index in [0.717, 1.165) is 0 Å². The molecule has 0 saturated heterocycles. The highest BCUT2D eigenvalue weighted by Gasteiger charge is 2.22. The second-order valence-electron chi connectivity index (χ2n) is 6.50. The zero-order valence-electron chi connectivity index (χ0n) is 17.2. The maximum Gasteiger partial charge on any atom is 0.273 e. The van der Waals surface area contributed by atoms with Gasteiger partial charge in [-0.05, 0) is 32.2 Å². The number of ether oxygens (including phenoxy) is 2. The summed E-state index contributed by atoms with van der Waals surface area (Å²) in [6.45, 7) is 1.62. The van der Waals surface area contributed by atoms with Gasteiger partial charge < -0.3 is 20.1 Å².